The Hall–Kier alpha value is -3.07. The van der Waals surface area contributed by atoms with Crippen molar-refractivity contribution < 1.29 is 23.4 Å². The molecule has 218 valence electrons. The third-order valence-electron chi connectivity index (χ3n) is 7.67. The lowest BCUT2D eigenvalue weighted by atomic mass is 9.88. The number of benzene rings is 2. The van der Waals surface area contributed by atoms with Gasteiger partial charge in [-0.3, -0.25) is 0 Å². The summed E-state index contributed by atoms with van der Waals surface area (Å²) in [5.74, 6) is 1.13. The molecule has 6 heteroatoms. The smallest absolute Gasteiger partial charge is 0.340 e. The van der Waals surface area contributed by atoms with Gasteiger partial charge in [0.15, 0.2) is 6.17 Å². The molecule has 0 aliphatic heterocycles. The summed E-state index contributed by atoms with van der Waals surface area (Å²) in [6.45, 7) is 5.44. The topological polar surface area (TPSA) is 68.6 Å². The fraction of sp³-hybridized carbons (Fsp3) is 0.588. The van der Waals surface area contributed by atoms with Gasteiger partial charge in [-0.2, -0.15) is 5.26 Å². The van der Waals surface area contributed by atoms with Gasteiger partial charge in [-0.15, -0.1) is 0 Å². The maximum Gasteiger partial charge on any atom is 0.340 e. The molecule has 0 amide bonds. The highest BCUT2D eigenvalue weighted by Crippen LogP contribution is 2.30. The summed E-state index contributed by atoms with van der Waals surface area (Å²) in [5, 5.41) is 9.65. The van der Waals surface area contributed by atoms with Crippen LogP contribution in [-0.4, -0.2) is 31.5 Å². The first-order chi connectivity index (χ1) is 19.5. The summed E-state index contributed by atoms with van der Waals surface area (Å²) in [6.07, 6.45) is 10.6. The summed E-state index contributed by atoms with van der Waals surface area (Å²) < 4.78 is 31.2. The molecule has 1 aliphatic carbocycles. The van der Waals surface area contributed by atoms with Crippen molar-refractivity contribution in [2.45, 2.75) is 110 Å². The number of halogens is 1. The van der Waals surface area contributed by atoms with E-state index in [0.29, 0.717) is 36.9 Å². The predicted molar refractivity (Wildman–Crippen MR) is 157 cm³/mol. The normalized spacial score (nSPS) is 17.6. The van der Waals surface area contributed by atoms with Crippen LogP contribution in [0.1, 0.15) is 103 Å². The lowest BCUT2D eigenvalue weighted by Crippen LogP contribution is -2.30. The van der Waals surface area contributed by atoms with Gasteiger partial charge in [0.25, 0.3) is 0 Å². The van der Waals surface area contributed by atoms with E-state index in [-0.39, 0.29) is 12.5 Å². The van der Waals surface area contributed by atoms with Crippen LogP contribution in [0, 0.1) is 17.2 Å². The van der Waals surface area contributed by atoms with Crippen molar-refractivity contribution in [3.63, 3.8) is 0 Å². The average Bonchev–Trinajstić information content (AvgIpc) is 2.99. The van der Waals surface area contributed by atoms with Gasteiger partial charge in [-0.25, -0.2) is 9.18 Å². The zero-order valence-corrected chi connectivity index (χ0v) is 24.3. The molecule has 2 aromatic rings. The number of unbranched alkanes of at least 4 members (excludes halogenated alkanes) is 6. The second-order valence-electron chi connectivity index (χ2n) is 11.0. The zero-order chi connectivity index (χ0) is 28.6. The van der Waals surface area contributed by atoms with Gasteiger partial charge in [-0.05, 0) is 79.8 Å². The molecule has 0 heterocycles. The van der Waals surface area contributed by atoms with Crippen LogP contribution < -0.4 is 9.47 Å². The van der Waals surface area contributed by atoms with Crippen LogP contribution in [0.4, 0.5) is 4.39 Å². The maximum atomic E-state index is 13.9. The first-order valence-electron chi connectivity index (χ1n) is 15.3. The molecule has 0 N–H and O–H groups in total. The Balaban J connectivity index is 1.41. The number of nitriles is 1. The SMILES string of the molecule is CCCCCCCCOc1ccc(-c2ccc(OC[C@H]3CC[C@H](OC(=O)[C@H](F)CCCC)CC3)cc2)cc1C#N. The van der Waals surface area contributed by atoms with E-state index in [0.717, 1.165) is 61.8 Å². The molecule has 0 spiro atoms. The number of alkyl halides is 1. The lowest BCUT2D eigenvalue weighted by Gasteiger charge is -2.28. The number of rotatable bonds is 17. The Morgan fingerprint density at radius 1 is 0.900 bits per heavy atom. The van der Waals surface area contributed by atoms with Crippen LogP contribution in [0.25, 0.3) is 11.1 Å². The molecule has 1 fully saturated rings. The highest BCUT2D eigenvalue weighted by Gasteiger charge is 2.27. The summed E-state index contributed by atoms with van der Waals surface area (Å²) in [5.41, 5.74) is 2.53. The van der Waals surface area contributed by atoms with Gasteiger partial charge >= 0.3 is 5.97 Å². The number of ether oxygens (including phenoxy) is 3. The number of esters is 1. The molecule has 1 aliphatic rings. The molecule has 5 nitrogen and oxygen atoms in total. The number of hydrogen-bond acceptors (Lipinski definition) is 5. The van der Waals surface area contributed by atoms with Crippen molar-refractivity contribution in [2.75, 3.05) is 13.2 Å². The largest absolute Gasteiger partial charge is 0.493 e. The molecule has 0 saturated heterocycles. The zero-order valence-electron chi connectivity index (χ0n) is 24.3. The average molecular weight is 552 g/mol. The Labute approximate surface area is 240 Å². The van der Waals surface area contributed by atoms with Crippen molar-refractivity contribution >= 4 is 5.97 Å². The quantitative estimate of drug-likeness (QED) is 0.145. The van der Waals surface area contributed by atoms with Crippen molar-refractivity contribution in [3.8, 4) is 28.7 Å². The van der Waals surface area contributed by atoms with Crippen LogP contribution in [0.15, 0.2) is 42.5 Å². The molecule has 1 saturated carbocycles. The van der Waals surface area contributed by atoms with E-state index in [9.17, 15) is 14.4 Å². The van der Waals surface area contributed by atoms with Crippen LogP contribution in [0.2, 0.25) is 0 Å². The summed E-state index contributed by atoms with van der Waals surface area (Å²) in [4.78, 5) is 11.9. The van der Waals surface area contributed by atoms with Gasteiger partial charge in [0.05, 0.1) is 18.8 Å². The predicted octanol–water partition coefficient (Wildman–Crippen LogP) is 8.97. The van der Waals surface area contributed by atoms with Crippen LogP contribution >= 0.6 is 0 Å². The molecule has 40 heavy (non-hydrogen) atoms. The second kappa shape index (κ2) is 17.6. The lowest BCUT2D eigenvalue weighted by molar-refractivity contribution is -0.157. The van der Waals surface area contributed by atoms with Gasteiger partial charge < -0.3 is 14.2 Å². The minimum absolute atomic E-state index is 0.187. The molecule has 1 atom stereocenters. The molecule has 0 bridgehead atoms. The highest BCUT2D eigenvalue weighted by atomic mass is 19.1. The molecule has 3 rings (SSSR count). The van der Waals surface area contributed by atoms with E-state index in [4.69, 9.17) is 14.2 Å². The van der Waals surface area contributed by atoms with Crippen molar-refractivity contribution in [1.29, 1.82) is 5.26 Å². The standard InChI is InChI=1S/C34H46FNO4/c1-3-5-7-8-9-10-22-38-33-21-16-28(23-29(33)24-36)27-14-19-30(20-15-27)39-25-26-12-17-31(18-13-26)40-34(37)32(35)11-6-4-2/h14-16,19-21,23,26,31-32H,3-13,17-18,22,25H2,1-2H3/t26-,31-,32-/m1/s1. The minimum Gasteiger partial charge on any atom is -0.493 e. The summed E-state index contributed by atoms with van der Waals surface area (Å²) in [6, 6.07) is 16.0. The molecule has 0 radical (unpaired) electrons. The molecule has 0 unspecified atom stereocenters. The Bertz CT molecular complexity index is 1060. The van der Waals surface area contributed by atoms with Gasteiger partial charge in [-0.1, -0.05) is 77.0 Å². The monoisotopic (exact) mass is 551 g/mol. The second-order valence-corrected chi connectivity index (χ2v) is 11.0. The Morgan fingerprint density at radius 2 is 1.57 bits per heavy atom. The van der Waals surface area contributed by atoms with E-state index in [1.54, 1.807) is 0 Å². The first kappa shape index (κ1) is 31.5. The van der Waals surface area contributed by atoms with E-state index >= 15 is 0 Å². The fourth-order valence-corrected chi connectivity index (χ4v) is 5.10. The van der Waals surface area contributed by atoms with Gasteiger partial charge in [0, 0.05) is 0 Å². The van der Waals surface area contributed by atoms with Crippen LogP contribution in [0.3, 0.4) is 0 Å². The summed E-state index contributed by atoms with van der Waals surface area (Å²) >= 11 is 0. The number of carbonyl (C=O) groups is 1. The van der Waals surface area contributed by atoms with E-state index in [1.807, 2.05) is 49.4 Å². The molecular weight excluding hydrogens is 505 g/mol. The minimum atomic E-state index is -1.50. The molecular formula is C34H46FNO4. The van der Waals surface area contributed by atoms with E-state index in [2.05, 4.69) is 13.0 Å². The van der Waals surface area contributed by atoms with Gasteiger partial charge in [0.1, 0.15) is 23.7 Å². The number of hydrogen-bond donors (Lipinski definition) is 0. The summed E-state index contributed by atoms with van der Waals surface area (Å²) in [7, 11) is 0. The van der Waals surface area contributed by atoms with Crippen LogP contribution in [0.5, 0.6) is 11.5 Å². The number of nitrogens with zero attached hydrogens (tertiary/aromatic N) is 1. The van der Waals surface area contributed by atoms with Crippen molar-refractivity contribution in [2.24, 2.45) is 5.92 Å². The van der Waals surface area contributed by atoms with Crippen molar-refractivity contribution in [1.82, 2.24) is 0 Å². The van der Waals surface area contributed by atoms with Crippen LogP contribution in [-0.2, 0) is 9.53 Å². The number of carbonyl (C=O) groups excluding carboxylic acids is 1. The van der Waals surface area contributed by atoms with Crippen molar-refractivity contribution in [3.05, 3.63) is 48.0 Å². The van der Waals surface area contributed by atoms with E-state index in [1.165, 1.54) is 25.7 Å². The third kappa shape index (κ3) is 10.5. The highest BCUT2D eigenvalue weighted by molar-refractivity contribution is 5.74. The molecule has 2 aromatic carbocycles. The Morgan fingerprint density at radius 3 is 2.27 bits per heavy atom. The third-order valence-corrected chi connectivity index (χ3v) is 7.67. The van der Waals surface area contributed by atoms with E-state index < -0.39 is 12.1 Å². The Kier molecular flexibility index (Phi) is 13.8. The molecule has 0 aromatic heterocycles. The fourth-order valence-electron chi connectivity index (χ4n) is 5.10. The van der Waals surface area contributed by atoms with Gasteiger partial charge in [0.2, 0.25) is 0 Å². The maximum absolute atomic E-state index is 13.9. The first-order valence-corrected chi connectivity index (χ1v) is 15.3.